The Balaban J connectivity index is 1.75. The van der Waals surface area contributed by atoms with E-state index >= 15 is 0 Å². The van der Waals surface area contributed by atoms with Gasteiger partial charge in [-0.25, -0.2) is 4.99 Å². The van der Waals surface area contributed by atoms with E-state index in [2.05, 4.69) is 27.4 Å². The van der Waals surface area contributed by atoms with Gasteiger partial charge in [0.1, 0.15) is 6.54 Å². The molecule has 27 heavy (non-hydrogen) atoms. The zero-order valence-corrected chi connectivity index (χ0v) is 17.5. The van der Waals surface area contributed by atoms with Gasteiger partial charge in [-0.1, -0.05) is 6.42 Å². The maximum Gasteiger partial charge on any atom is 0.243 e. The number of ether oxygens (including phenoxy) is 1. The molecular weight excluding hydrogens is 342 g/mol. The Kier molecular flexibility index (Phi) is 9.91. The van der Waals surface area contributed by atoms with E-state index in [4.69, 9.17) is 4.74 Å². The summed E-state index contributed by atoms with van der Waals surface area (Å²) in [4.78, 5) is 20.5. The van der Waals surface area contributed by atoms with Crippen LogP contribution in [0.15, 0.2) is 4.99 Å². The molecule has 156 valence electrons. The lowest BCUT2D eigenvalue weighted by molar-refractivity contribution is -0.127. The van der Waals surface area contributed by atoms with Crippen LogP contribution in [-0.2, 0) is 9.53 Å². The lowest BCUT2D eigenvalue weighted by atomic mass is 10.0. The standard InChI is InChI=1S/C20H39N5O2/c1-17-9-4-6-12-25(17)13-8-11-21-20(23-16-19(26)24(2)3)22-15-18-10-5-7-14-27-18/h17-18H,4-16H2,1-3H3,(H2,21,22,23). The summed E-state index contributed by atoms with van der Waals surface area (Å²) in [6.07, 6.45) is 8.78. The molecule has 2 N–H and O–H groups in total. The van der Waals surface area contributed by atoms with Crippen LogP contribution in [0.4, 0.5) is 0 Å². The predicted molar refractivity (Wildman–Crippen MR) is 110 cm³/mol. The first-order chi connectivity index (χ1) is 13.1. The van der Waals surface area contributed by atoms with Crippen LogP contribution in [0, 0.1) is 0 Å². The minimum absolute atomic E-state index is 0.00663. The van der Waals surface area contributed by atoms with Crippen LogP contribution < -0.4 is 10.6 Å². The fraction of sp³-hybridized carbons (Fsp3) is 0.900. The molecule has 1 amide bonds. The molecule has 0 aliphatic carbocycles. The Morgan fingerprint density at radius 3 is 2.70 bits per heavy atom. The molecule has 7 heteroatoms. The number of nitrogens with zero attached hydrogens (tertiary/aromatic N) is 3. The summed E-state index contributed by atoms with van der Waals surface area (Å²) in [5.41, 5.74) is 0. The van der Waals surface area contributed by atoms with Crippen LogP contribution >= 0.6 is 0 Å². The van der Waals surface area contributed by atoms with Crippen LogP contribution in [0.1, 0.15) is 51.9 Å². The molecule has 2 heterocycles. The van der Waals surface area contributed by atoms with Crippen molar-refractivity contribution in [2.75, 3.05) is 53.4 Å². The zero-order chi connectivity index (χ0) is 19.5. The Labute approximate surface area is 164 Å². The topological polar surface area (TPSA) is 69.2 Å². The fourth-order valence-electron chi connectivity index (χ4n) is 3.62. The second-order valence-electron chi connectivity index (χ2n) is 7.98. The van der Waals surface area contributed by atoms with Crippen molar-refractivity contribution < 1.29 is 9.53 Å². The summed E-state index contributed by atoms with van der Waals surface area (Å²) in [7, 11) is 3.52. The van der Waals surface area contributed by atoms with Crippen molar-refractivity contribution in [2.24, 2.45) is 4.99 Å². The minimum Gasteiger partial charge on any atom is -0.376 e. The van der Waals surface area contributed by atoms with Gasteiger partial charge in [0.2, 0.25) is 5.91 Å². The summed E-state index contributed by atoms with van der Waals surface area (Å²) < 4.78 is 5.78. The summed E-state index contributed by atoms with van der Waals surface area (Å²) in [5, 5.41) is 6.75. The molecule has 2 fully saturated rings. The number of nitrogens with one attached hydrogen (secondary N) is 2. The van der Waals surface area contributed by atoms with Crippen molar-refractivity contribution in [3.63, 3.8) is 0 Å². The van der Waals surface area contributed by atoms with Gasteiger partial charge in [-0.3, -0.25) is 4.79 Å². The fourth-order valence-corrected chi connectivity index (χ4v) is 3.62. The average Bonchev–Trinajstić information content (AvgIpc) is 2.68. The van der Waals surface area contributed by atoms with E-state index in [1.807, 2.05) is 0 Å². The van der Waals surface area contributed by atoms with Crippen molar-refractivity contribution in [1.82, 2.24) is 20.4 Å². The normalized spacial score (nSPS) is 24.5. The van der Waals surface area contributed by atoms with Crippen molar-refractivity contribution >= 4 is 11.9 Å². The molecule has 0 bridgehead atoms. The van der Waals surface area contributed by atoms with Crippen LogP contribution in [0.25, 0.3) is 0 Å². The number of hydrogen-bond donors (Lipinski definition) is 2. The highest BCUT2D eigenvalue weighted by Gasteiger charge is 2.17. The predicted octanol–water partition coefficient (Wildman–Crippen LogP) is 1.44. The Hall–Kier alpha value is -1.34. The number of piperidine rings is 1. The average molecular weight is 382 g/mol. The number of likely N-dealkylation sites (tertiary alicyclic amines) is 1. The Morgan fingerprint density at radius 1 is 1.19 bits per heavy atom. The molecule has 0 aromatic rings. The number of carbonyl (C=O) groups is 1. The second-order valence-corrected chi connectivity index (χ2v) is 7.98. The van der Waals surface area contributed by atoms with Crippen LogP contribution in [0.3, 0.4) is 0 Å². The number of hydrogen-bond acceptors (Lipinski definition) is 4. The van der Waals surface area contributed by atoms with Crippen LogP contribution in [0.2, 0.25) is 0 Å². The first-order valence-corrected chi connectivity index (χ1v) is 10.6. The highest BCUT2D eigenvalue weighted by atomic mass is 16.5. The summed E-state index contributed by atoms with van der Waals surface area (Å²) in [6, 6.07) is 0.700. The second kappa shape index (κ2) is 12.2. The van der Waals surface area contributed by atoms with Gasteiger partial charge < -0.3 is 25.2 Å². The number of likely N-dealkylation sites (N-methyl/N-ethyl adjacent to an activating group) is 1. The smallest absolute Gasteiger partial charge is 0.243 e. The number of carbonyl (C=O) groups excluding carboxylic acids is 1. The third-order valence-electron chi connectivity index (χ3n) is 5.50. The molecule has 2 saturated heterocycles. The van der Waals surface area contributed by atoms with Crippen LogP contribution in [-0.4, -0.2) is 87.2 Å². The van der Waals surface area contributed by atoms with E-state index < -0.39 is 0 Å². The molecule has 0 spiro atoms. The van der Waals surface area contributed by atoms with Gasteiger partial charge in [-0.05, 0) is 52.0 Å². The van der Waals surface area contributed by atoms with Crippen LogP contribution in [0.5, 0.6) is 0 Å². The van der Waals surface area contributed by atoms with E-state index in [-0.39, 0.29) is 18.6 Å². The molecule has 2 aliphatic rings. The molecule has 2 rings (SSSR count). The maximum absolute atomic E-state index is 11.9. The van der Waals surface area contributed by atoms with E-state index in [9.17, 15) is 4.79 Å². The van der Waals surface area contributed by atoms with Crippen molar-refractivity contribution in [3.05, 3.63) is 0 Å². The molecule has 2 aliphatic heterocycles. The third kappa shape index (κ3) is 8.47. The van der Waals surface area contributed by atoms with Crippen molar-refractivity contribution in [1.29, 1.82) is 0 Å². The molecule has 7 nitrogen and oxygen atoms in total. The Morgan fingerprint density at radius 2 is 2.00 bits per heavy atom. The van der Waals surface area contributed by atoms with Gasteiger partial charge >= 0.3 is 0 Å². The van der Waals surface area contributed by atoms with Gasteiger partial charge in [-0.15, -0.1) is 0 Å². The van der Waals surface area contributed by atoms with Gasteiger partial charge in [0.15, 0.2) is 5.96 Å². The Bertz CT molecular complexity index is 463. The van der Waals surface area contributed by atoms with Gasteiger partial charge in [0.05, 0.1) is 6.10 Å². The molecule has 0 saturated carbocycles. The third-order valence-corrected chi connectivity index (χ3v) is 5.50. The van der Waals surface area contributed by atoms with Crippen molar-refractivity contribution in [2.45, 2.75) is 64.0 Å². The van der Waals surface area contributed by atoms with Gasteiger partial charge in [-0.2, -0.15) is 0 Å². The number of rotatable bonds is 8. The lowest BCUT2D eigenvalue weighted by Crippen LogP contribution is -2.44. The molecule has 2 atom stereocenters. The maximum atomic E-state index is 11.9. The number of amides is 1. The monoisotopic (exact) mass is 381 g/mol. The first kappa shape index (κ1) is 22.0. The van der Waals surface area contributed by atoms with E-state index in [0.717, 1.165) is 45.5 Å². The molecule has 2 unspecified atom stereocenters. The van der Waals surface area contributed by atoms with Gasteiger partial charge in [0.25, 0.3) is 0 Å². The van der Waals surface area contributed by atoms with Gasteiger partial charge in [0, 0.05) is 46.4 Å². The highest BCUT2D eigenvalue weighted by Crippen LogP contribution is 2.16. The minimum atomic E-state index is 0.00663. The zero-order valence-electron chi connectivity index (χ0n) is 17.5. The quantitative estimate of drug-likeness (QED) is 0.378. The first-order valence-electron chi connectivity index (χ1n) is 10.6. The highest BCUT2D eigenvalue weighted by molar-refractivity contribution is 5.84. The molecular formula is C20H39N5O2. The molecule has 0 radical (unpaired) electrons. The SMILES string of the molecule is CC1CCCCN1CCCNC(=NCC(=O)N(C)C)NCC1CCCCO1. The van der Waals surface area contributed by atoms with E-state index in [0.29, 0.717) is 12.0 Å². The lowest BCUT2D eigenvalue weighted by Gasteiger charge is -2.33. The molecule has 0 aromatic carbocycles. The number of aliphatic imine (C=N–C) groups is 1. The van der Waals surface area contributed by atoms with Crippen molar-refractivity contribution in [3.8, 4) is 0 Å². The van der Waals surface area contributed by atoms with E-state index in [1.54, 1.807) is 19.0 Å². The summed E-state index contributed by atoms with van der Waals surface area (Å²) >= 11 is 0. The molecule has 0 aromatic heterocycles. The summed E-state index contributed by atoms with van der Waals surface area (Å²) in [5.74, 6) is 0.721. The summed E-state index contributed by atoms with van der Waals surface area (Å²) in [6.45, 7) is 7.27. The largest absolute Gasteiger partial charge is 0.376 e. The number of guanidine groups is 1. The van der Waals surface area contributed by atoms with E-state index in [1.165, 1.54) is 32.2 Å².